The van der Waals surface area contributed by atoms with Crippen LogP contribution in [0.3, 0.4) is 0 Å². The lowest BCUT2D eigenvalue weighted by Crippen LogP contribution is -2.53. The lowest BCUT2D eigenvalue weighted by atomic mass is 10.2. The van der Waals surface area contributed by atoms with Gasteiger partial charge in [0.05, 0.1) is 16.4 Å². The van der Waals surface area contributed by atoms with E-state index >= 15 is 0 Å². The Morgan fingerprint density at radius 2 is 2.00 bits per heavy atom. The molecule has 9 heteroatoms. The highest BCUT2D eigenvalue weighted by Gasteiger charge is 2.27. The second kappa shape index (κ2) is 7.59. The molecule has 1 aliphatic heterocycles. The third-order valence-electron chi connectivity index (χ3n) is 4.83. The molecule has 4 rings (SSSR count). The van der Waals surface area contributed by atoms with Crippen LogP contribution in [0.25, 0.3) is 17.1 Å². The van der Waals surface area contributed by atoms with Gasteiger partial charge in [-0.25, -0.2) is 14.5 Å². The molecule has 3 aromatic rings. The normalized spacial score (nSPS) is 17.0. The van der Waals surface area contributed by atoms with Gasteiger partial charge in [-0.05, 0) is 47.1 Å². The van der Waals surface area contributed by atoms with Crippen LogP contribution in [-0.4, -0.2) is 61.5 Å². The van der Waals surface area contributed by atoms with Gasteiger partial charge in [-0.15, -0.1) is 0 Å². The third-order valence-corrected chi connectivity index (χ3v) is 5.41. The highest BCUT2D eigenvalue weighted by atomic mass is 79.9. The number of hydrogen-bond donors (Lipinski definition) is 1. The van der Waals surface area contributed by atoms with Gasteiger partial charge in [0, 0.05) is 49.8 Å². The number of halogens is 1. The molecule has 0 saturated carbocycles. The lowest BCUT2D eigenvalue weighted by molar-refractivity contribution is 0.122. The Kier molecular flexibility index (Phi) is 4.99. The van der Waals surface area contributed by atoms with E-state index < -0.39 is 6.09 Å². The second-order valence-electron chi connectivity index (χ2n) is 6.65. The zero-order valence-corrected chi connectivity index (χ0v) is 16.8. The Labute approximate surface area is 170 Å². The fraction of sp³-hybridized carbons (Fsp3) is 0.263. The zero-order chi connectivity index (χ0) is 19.7. The number of carbonyl (C=O) groups is 1. The first-order valence-electron chi connectivity index (χ1n) is 8.89. The Bertz CT molecular complexity index is 976. The Morgan fingerprint density at radius 3 is 2.64 bits per heavy atom. The van der Waals surface area contributed by atoms with Gasteiger partial charge in [0.25, 0.3) is 0 Å². The first-order valence-corrected chi connectivity index (χ1v) is 9.69. The van der Waals surface area contributed by atoms with E-state index in [1.54, 1.807) is 23.3 Å². The van der Waals surface area contributed by atoms with Gasteiger partial charge in [0.15, 0.2) is 5.82 Å². The number of nitrogens with zero attached hydrogens (tertiary/aromatic N) is 6. The van der Waals surface area contributed by atoms with E-state index in [1.807, 2.05) is 37.4 Å². The van der Waals surface area contributed by atoms with Crippen molar-refractivity contribution in [2.75, 3.05) is 24.5 Å². The van der Waals surface area contributed by atoms with Crippen LogP contribution in [0.5, 0.6) is 0 Å². The summed E-state index contributed by atoms with van der Waals surface area (Å²) in [5.41, 5.74) is 2.77. The molecule has 0 aliphatic carbocycles. The maximum absolute atomic E-state index is 11.2. The first-order chi connectivity index (χ1) is 13.5. The Balaban J connectivity index is 1.52. The topological polar surface area (TPSA) is 87.4 Å². The first kappa shape index (κ1) is 18.4. The SMILES string of the molecule is CC1CN(c2ccc(-n3cc(Br)c(-c4ccncc4)n3)nc2)CCN1C(=O)O. The van der Waals surface area contributed by atoms with E-state index in [0.29, 0.717) is 25.5 Å². The Hall–Kier alpha value is -2.94. The van der Waals surface area contributed by atoms with Crippen molar-refractivity contribution >= 4 is 27.7 Å². The number of pyridine rings is 2. The Morgan fingerprint density at radius 1 is 1.21 bits per heavy atom. The maximum Gasteiger partial charge on any atom is 0.407 e. The van der Waals surface area contributed by atoms with Crippen LogP contribution in [0.15, 0.2) is 53.5 Å². The van der Waals surface area contributed by atoms with Gasteiger partial charge in [0.2, 0.25) is 0 Å². The van der Waals surface area contributed by atoms with Crippen LogP contribution in [0.4, 0.5) is 10.5 Å². The molecule has 0 spiro atoms. The van der Waals surface area contributed by atoms with Crippen LogP contribution >= 0.6 is 15.9 Å². The molecule has 0 aromatic carbocycles. The molecule has 28 heavy (non-hydrogen) atoms. The maximum atomic E-state index is 11.2. The molecule has 1 saturated heterocycles. The predicted octanol–water partition coefficient (Wildman–Crippen LogP) is 3.28. The number of piperazine rings is 1. The minimum Gasteiger partial charge on any atom is -0.465 e. The molecule has 1 amide bonds. The largest absolute Gasteiger partial charge is 0.465 e. The molecule has 1 atom stereocenters. The molecule has 0 bridgehead atoms. The fourth-order valence-electron chi connectivity index (χ4n) is 3.35. The number of anilines is 1. The van der Waals surface area contributed by atoms with E-state index in [2.05, 4.69) is 35.9 Å². The van der Waals surface area contributed by atoms with Gasteiger partial charge >= 0.3 is 6.09 Å². The van der Waals surface area contributed by atoms with Crippen molar-refractivity contribution in [1.29, 1.82) is 0 Å². The van der Waals surface area contributed by atoms with Gasteiger partial charge in [-0.1, -0.05) is 0 Å². The average Bonchev–Trinajstić information content (AvgIpc) is 3.10. The zero-order valence-electron chi connectivity index (χ0n) is 15.2. The number of carboxylic acid groups (broad SMARTS) is 1. The molecule has 1 aliphatic rings. The standard InChI is InChI=1S/C19H19BrN6O2/c1-13-11-24(8-9-25(13)19(27)28)15-2-3-17(22-10-15)26-12-16(20)18(23-26)14-4-6-21-7-5-14/h2-7,10,12-13H,8-9,11H2,1H3,(H,27,28). The van der Waals surface area contributed by atoms with E-state index in [1.165, 1.54) is 4.90 Å². The molecule has 3 aromatic heterocycles. The van der Waals surface area contributed by atoms with Gasteiger partial charge in [-0.3, -0.25) is 4.98 Å². The number of rotatable bonds is 3. The molecule has 144 valence electrons. The van der Waals surface area contributed by atoms with E-state index in [4.69, 9.17) is 0 Å². The molecule has 4 heterocycles. The summed E-state index contributed by atoms with van der Waals surface area (Å²) in [5, 5.41) is 13.8. The quantitative estimate of drug-likeness (QED) is 0.669. The summed E-state index contributed by atoms with van der Waals surface area (Å²) in [7, 11) is 0. The van der Waals surface area contributed by atoms with Crippen molar-refractivity contribution < 1.29 is 9.90 Å². The summed E-state index contributed by atoms with van der Waals surface area (Å²) in [6.45, 7) is 3.70. The molecule has 1 fully saturated rings. The number of amides is 1. The molecule has 1 unspecified atom stereocenters. The highest BCUT2D eigenvalue weighted by molar-refractivity contribution is 9.10. The molecular weight excluding hydrogens is 424 g/mol. The number of hydrogen-bond acceptors (Lipinski definition) is 5. The summed E-state index contributed by atoms with van der Waals surface area (Å²) < 4.78 is 2.61. The average molecular weight is 443 g/mol. The van der Waals surface area contributed by atoms with Gasteiger partial charge in [-0.2, -0.15) is 5.10 Å². The van der Waals surface area contributed by atoms with Crippen LogP contribution < -0.4 is 4.90 Å². The number of aromatic nitrogens is 4. The van der Waals surface area contributed by atoms with Crippen LogP contribution in [0.1, 0.15) is 6.92 Å². The summed E-state index contributed by atoms with van der Waals surface area (Å²) in [4.78, 5) is 23.4. The minimum atomic E-state index is -0.866. The third kappa shape index (κ3) is 3.57. The smallest absolute Gasteiger partial charge is 0.407 e. The minimum absolute atomic E-state index is 0.0593. The molecular formula is C19H19BrN6O2. The summed E-state index contributed by atoms with van der Waals surface area (Å²) in [6.07, 6.45) is 6.29. The summed E-state index contributed by atoms with van der Waals surface area (Å²) in [6, 6.07) is 7.67. The second-order valence-corrected chi connectivity index (χ2v) is 7.51. The van der Waals surface area contributed by atoms with E-state index in [-0.39, 0.29) is 6.04 Å². The molecule has 8 nitrogen and oxygen atoms in total. The van der Waals surface area contributed by atoms with Crippen molar-refractivity contribution in [2.45, 2.75) is 13.0 Å². The summed E-state index contributed by atoms with van der Waals surface area (Å²) in [5.74, 6) is 0.710. The van der Waals surface area contributed by atoms with Crippen molar-refractivity contribution in [2.24, 2.45) is 0 Å². The van der Waals surface area contributed by atoms with Crippen molar-refractivity contribution in [1.82, 2.24) is 24.6 Å². The van der Waals surface area contributed by atoms with Gasteiger partial charge in [0.1, 0.15) is 5.69 Å². The fourth-order valence-corrected chi connectivity index (χ4v) is 3.85. The van der Waals surface area contributed by atoms with Crippen LogP contribution in [-0.2, 0) is 0 Å². The summed E-state index contributed by atoms with van der Waals surface area (Å²) >= 11 is 3.56. The predicted molar refractivity (Wildman–Crippen MR) is 109 cm³/mol. The monoisotopic (exact) mass is 442 g/mol. The molecule has 0 radical (unpaired) electrons. The van der Waals surface area contributed by atoms with Crippen molar-refractivity contribution in [3.05, 3.63) is 53.5 Å². The van der Waals surface area contributed by atoms with Crippen molar-refractivity contribution in [3.63, 3.8) is 0 Å². The van der Waals surface area contributed by atoms with Crippen molar-refractivity contribution in [3.8, 4) is 17.1 Å². The van der Waals surface area contributed by atoms with E-state index in [0.717, 1.165) is 21.4 Å². The van der Waals surface area contributed by atoms with Gasteiger partial charge < -0.3 is 14.9 Å². The van der Waals surface area contributed by atoms with Crippen LogP contribution in [0, 0.1) is 0 Å². The highest BCUT2D eigenvalue weighted by Crippen LogP contribution is 2.27. The molecule has 1 N–H and O–H groups in total. The van der Waals surface area contributed by atoms with Crippen LogP contribution in [0.2, 0.25) is 0 Å². The van der Waals surface area contributed by atoms with E-state index in [9.17, 15) is 9.90 Å². The lowest BCUT2D eigenvalue weighted by Gasteiger charge is -2.39.